The number of halogens is 3. The Hall–Kier alpha value is -2.72. The van der Waals surface area contributed by atoms with Crippen molar-refractivity contribution in [1.82, 2.24) is 0 Å². The number of amides is 1. The van der Waals surface area contributed by atoms with E-state index < -0.39 is 17.5 Å². The Morgan fingerprint density at radius 2 is 1.69 bits per heavy atom. The number of anilines is 1. The molecule has 3 aromatic rings. The van der Waals surface area contributed by atoms with Crippen LogP contribution in [0, 0.1) is 18.6 Å². The summed E-state index contributed by atoms with van der Waals surface area (Å²) in [6.45, 7) is 2.09. The zero-order valence-corrected chi connectivity index (χ0v) is 14.8. The summed E-state index contributed by atoms with van der Waals surface area (Å²) >= 11 is 6.14. The molecule has 0 bridgehead atoms. The van der Waals surface area contributed by atoms with Crippen LogP contribution in [0.15, 0.2) is 66.7 Å². The highest BCUT2D eigenvalue weighted by atomic mass is 35.5. The average molecular weight is 372 g/mol. The van der Waals surface area contributed by atoms with Crippen LogP contribution in [0.2, 0.25) is 5.02 Å². The lowest BCUT2D eigenvalue weighted by molar-refractivity contribution is 0.0984. The predicted octanol–water partition coefficient (Wildman–Crippen LogP) is 5.77. The van der Waals surface area contributed by atoms with Crippen LogP contribution in [-0.4, -0.2) is 5.91 Å². The number of carbonyl (C=O) groups excluding carboxylic acids is 1. The molecule has 0 spiro atoms. The van der Waals surface area contributed by atoms with Crippen molar-refractivity contribution in [3.8, 4) is 0 Å². The van der Waals surface area contributed by atoms with E-state index in [1.54, 1.807) is 24.3 Å². The van der Waals surface area contributed by atoms with E-state index in [1.165, 1.54) is 11.0 Å². The molecule has 0 aliphatic rings. The van der Waals surface area contributed by atoms with Gasteiger partial charge in [-0.15, -0.1) is 0 Å². The summed E-state index contributed by atoms with van der Waals surface area (Å²) in [7, 11) is 0. The molecule has 3 rings (SSSR count). The summed E-state index contributed by atoms with van der Waals surface area (Å²) in [4.78, 5) is 14.3. The molecular weight excluding hydrogens is 356 g/mol. The minimum absolute atomic E-state index is 0.00288. The molecule has 0 heterocycles. The van der Waals surface area contributed by atoms with Crippen LogP contribution in [0.4, 0.5) is 14.5 Å². The third-order valence-corrected chi connectivity index (χ3v) is 4.34. The zero-order valence-electron chi connectivity index (χ0n) is 14.0. The van der Waals surface area contributed by atoms with Gasteiger partial charge in [0, 0.05) is 6.07 Å². The summed E-state index contributed by atoms with van der Waals surface area (Å²) in [6, 6.07) is 17.3. The fourth-order valence-corrected chi connectivity index (χ4v) is 2.84. The van der Waals surface area contributed by atoms with Crippen LogP contribution in [0.25, 0.3) is 0 Å². The number of rotatable bonds is 4. The van der Waals surface area contributed by atoms with E-state index in [0.29, 0.717) is 0 Å². The van der Waals surface area contributed by atoms with Gasteiger partial charge in [-0.25, -0.2) is 8.78 Å². The van der Waals surface area contributed by atoms with Gasteiger partial charge in [-0.1, -0.05) is 53.6 Å². The molecule has 0 aliphatic carbocycles. The molecule has 26 heavy (non-hydrogen) atoms. The Kier molecular flexibility index (Phi) is 5.33. The van der Waals surface area contributed by atoms with Crippen LogP contribution in [0.3, 0.4) is 0 Å². The molecule has 1 amide bonds. The summed E-state index contributed by atoms with van der Waals surface area (Å²) in [5, 5.41) is 0.272. The Labute approximate surface area is 155 Å². The van der Waals surface area contributed by atoms with Gasteiger partial charge in [0.05, 0.1) is 22.8 Å². The molecule has 0 radical (unpaired) electrons. The lowest BCUT2D eigenvalue weighted by Crippen LogP contribution is -2.31. The first-order valence-electron chi connectivity index (χ1n) is 8.02. The van der Waals surface area contributed by atoms with Gasteiger partial charge >= 0.3 is 0 Å². The SMILES string of the molecule is Cc1ccc(CN(C(=O)c2ccccc2Cl)c2ccc(F)cc2F)cc1. The number of hydrogen-bond acceptors (Lipinski definition) is 1. The van der Waals surface area contributed by atoms with Crippen LogP contribution in [0.1, 0.15) is 21.5 Å². The van der Waals surface area contributed by atoms with Gasteiger partial charge in [0.1, 0.15) is 11.6 Å². The normalized spacial score (nSPS) is 10.6. The summed E-state index contributed by atoms with van der Waals surface area (Å²) in [6.07, 6.45) is 0. The fraction of sp³-hybridized carbons (Fsp3) is 0.0952. The Bertz CT molecular complexity index is 941. The third kappa shape index (κ3) is 3.92. The second-order valence-electron chi connectivity index (χ2n) is 5.95. The second-order valence-corrected chi connectivity index (χ2v) is 6.36. The van der Waals surface area contributed by atoms with Crippen LogP contribution >= 0.6 is 11.6 Å². The molecule has 0 N–H and O–H groups in total. The fourth-order valence-electron chi connectivity index (χ4n) is 2.62. The van der Waals surface area contributed by atoms with E-state index in [-0.39, 0.29) is 22.8 Å². The third-order valence-electron chi connectivity index (χ3n) is 4.01. The largest absolute Gasteiger partial charge is 0.301 e. The van der Waals surface area contributed by atoms with Crippen LogP contribution in [0.5, 0.6) is 0 Å². The molecule has 0 saturated carbocycles. The van der Waals surface area contributed by atoms with E-state index >= 15 is 0 Å². The summed E-state index contributed by atoms with van der Waals surface area (Å²) < 4.78 is 27.7. The highest BCUT2D eigenvalue weighted by molar-refractivity contribution is 6.34. The Morgan fingerprint density at radius 1 is 1.00 bits per heavy atom. The first-order valence-corrected chi connectivity index (χ1v) is 8.40. The smallest absolute Gasteiger partial charge is 0.260 e. The predicted molar refractivity (Wildman–Crippen MR) is 99.5 cm³/mol. The van der Waals surface area contributed by atoms with Crippen molar-refractivity contribution in [1.29, 1.82) is 0 Å². The maximum atomic E-state index is 14.4. The van der Waals surface area contributed by atoms with E-state index in [1.807, 2.05) is 31.2 Å². The summed E-state index contributed by atoms with van der Waals surface area (Å²) in [5.41, 5.74) is 2.15. The zero-order chi connectivity index (χ0) is 18.7. The number of nitrogens with zero attached hydrogens (tertiary/aromatic N) is 1. The van der Waals surface area contributed by atoms with Crippen molar-refractivity contribution in [2.45, 2.75) is 13.5 Å². The van der Waals surface area contributed by atoms with E-state index in [4.69, 9.17) is 11.6 Å². The first-order chi connectivity index (χ1) is 12.5. The molecule has 0 aromatic heterocycles. The van der Waals surface area contributed by atoms with Gasteiger partial charge in [-0.05, 0) is 36.8 Å². The average Bonchev–Trinajstić information content (AvgIpc) is 2.62. The quantitative estimate of drug-likeness (QED) is 0.569. The van der Waals surface area contributed by atoms with Crippen molar-refractivity contribution >= 4 is 23.2 Å². The van der Waals surface area contributed by atoms with Crippen molar-refractivity contribution in [2.75, 3.05) is 4.90 Å². The highest BCUT2D eigenvalue weighted by Crippen LogP contribution is 2.26. The van der Waals surface area contributed by atoms with Crippen molar-refractivity contribution in [3.05, 3.63) is 100 Å². The Morgan fingerprint density at radius 3 is 2.35 bits per heavy atom. The van der Waals surface area contributed by atoms with Gasteiger partial charge in [0.2, 0.25) is 0 Å². The molecule has 0 fully saturated rings. The van der Waals surface area contributed by atoms with Gasteiger partial charge in [0.25, 0.3) is 5.91 Å². The van der Waals surface area contributed by atoms with Crippen molar-refractivity contribution < 1.29 is 13.6 Å². The first kappa shape index (κ1) is 18.1. The molecule has 0 atom stereocenters. The second kappa shape index (κ2) is 7.67. The lowest BCUT2D eigenvalue weighted by Gasteiger charge is -2.24. The molecule has 132 valence electrons. The number of carbonyl (C=O) groups is 1. The minimum Gasteiger partial charge on any atom is -0.301 e. The van der Waals surface area contributed by atoms with Gasteiger partial charge < -0.3 is 4.90 Å². The highest BCUT2D eigenvalue weighted by Gasteiger charge is 2.23. The topological polar surface area (TPSA) is 20.3 Å². The van der Waals surface area contributed by atoms with Crippen molar-refractivity contribution in [2.24, 2.45) is 0 Å². The molecular formula is C21H16ClF2NO. The molecule has 0 saturated heterocycles. The van der Waals surface area contributed by atoms with E-state index in [2.05, 4.69) is 0 Å². The standard InChI is InChI=1S/C21H16ClF2NO/c1-14-6-8-15(9-7-14)13-25(20-11-10-16(23)12-19(20)24)21(26)17-4-2-3-5-18(17)22/h2-12H,13H2,1H3. The number of aryl methyl sites for hydroxylation is 1. The van der Waals surface area contributed by atoms with Gasteiger partial charge in [-0.3, -0.25) is 4.79 Å². The number of benzene rings is 3. The van der Waals surface area contributed by atoms with Gasteiger partial charge in [-0.2, -0.15) is 0 Å². The van der Waals surface area contributed by atoms with Crippen LogP contribution in [-0.2, 0) is 6.54 Å². The van der Waals surface area contributed by atoms with Gasteiger partial charge in [0.15, 0.2) is 0 Å². The summed E-state index contributed by atoms with van der Waals surface area (Å²) in [5.74, 6) is -1.97. The Balaban J connectivity index is 2.04. The monoisotopic (exact) mass is 371 g/mol. The maximum absolute atomic E-state index is 14.4. The van der Waals surface area contributed by atoms with Crippen molar-refractivity contribution in [3.63, 3.8) is 0 Å². The number of hydrogen-bond donors (Lipinski definition) is 0. The minimum atomic E-state index is -0.808. The van der Waals surface area contributed by atoms with Crippen LogP contribution < -0.4 is 4.90 Å². The molecule has 0 aliphatic heterocycles. The lowest BCUT2D eigenvalue weighted by atomic mass is 10.1. The van der Waals surface area contributed by atoms with E-state index in [9.17, 15) is 13.6 Å². The van der Waals surface area contributed by atoms with E-state index in [0.717, 1.165) is 23.3 Å². The molecule has 2 nitrogen and oxygen atoms in total. The molecule has 3 aromatic carbocycles. The molecule has 0 unspecified atom stereocenters. The maximum Gasteiger partial charge on any atom is 0.260 e. The molecule has 5 heteroatoms.